The SMILES string of the molecule is CCC(CNC(=O)CCc1cnn(-c2ccccc2)c1)c1ccccc1. The average molecular weight is 347 g/mol. The fraction of sp³-hybridized carbons (Fsp3) is 0.273. The zero-order chi connectivity index (χ0) is 18.2. The van der Waals surface area contributed by atoms with Gasteiger partial charge in [-0.3, -0.25) is 4.79 Å². The molecule has 0 saturated carbocycles. The van der Waals surface area contributed by atoms with Crippen LogP contribution in [0, 0.1) is 0 Å². The lowest BCUT2D eigenvalue weighted by molar-refractivity contribution is -0.121. The van der Waals surface area contributed by atoms with Crippen LogP contribution in [0.15, 0.2) is 73.1 Å². The summed E-state index contributed by atoms with van der Waals surface area (Å²) in [6.45, 7) is 2.84. The number of carbonyl (C=O) groups excluding carboxylic acids is 1. The molecule has 1 N–H and O–H groups in total. The molecule has 0 aliphatic carbocycles. The van der Waals surface area contributed by atoms with E-state index < -0.39 is 0 Å². The predicted octanol–water partition coefficient (Wildman–Crippen LogP) is 4.11. The maximum Gasteiger partial charge on any atom is 0.220 e. The first kappa shape index (κ1) is 17.9. The molecular formula is C22H25N3O. The van der Waals surface area contributed by atoms with E-state index in [2.05, 4.69) is 29.5 Å². The van der Waals surface area contributed by atoms with Crippen molar-refractivity contribution in [1.29, 1.82) is 0 Å². The minimum absolute atomic E-state index is 0.0897. The quantitative estimate of drug-likeness (QED) is 0.666. The zero-order valence-corrected chi connectivity index (χ0v) is 15.1. The molecule has 1 atom stereocenters. The van der Waals surface area contributed by atoms with Crippen LogP contribution in [0.5, 0.6) is 0 Å². The number of hydrogen-bond donors (Lipinski definition) is 1. The average Bonchev–Trinajstić information content (AvgIpc) is 3.17. The molecule has 26 heavy (non-hydrogen) atoms. The lowest BCUT2D eigenvalue weighted by Crippen LogP contribution is -2.28. The van der Waals surface area contributed by atoms with E-state index in [0.29, 0.717) is 25.3 Å². The molecule has 2 aromatic carbocycles. The monoisotopic (exact) mass is 347 g/mol. The molecule has 1 amide bonds. The van der Waals surface area contributed by atoms with Gasteiger partial charge in [0, 0.05) is 25.1 Å². The second-order valence-corrected chi connectivity index (χ2v) is 6.45. The van der Waals surface area contributed by atoms with Gasteiger partial charge in [0.1, 0.15) is 0 Å². The zero-order valence-electron chi connectivity index (χ0n) is 15.1. The van der Waals surface area contributed by atoms with Crippen molar-refractivity contribution in [2.75, 3.05) is 6.54 Å². The number of aryl methyl sites for hydroxylation is 1. The Labute approximate surface area is 154 Å². The summed E-state index contributed by atoms with van der Waals surface area (Å²) in [5, 5.41) is 7.45. The van der Waals surface area contributed by atoms with E-state index in [0.717, 1.165) is 17.7 Å². The molecule has 0 aliphatic rings. The van der Waals surface area contributed by atoms with Gasteiger partial charge in [0.25, 0.3) is 0 Å². The van der Waals surface area contributed by atoms with Crippen molar-refractivity contribution >= 4 is 5.91 Å². The van der Waals surface area contributed by atoms with Gasteiger partial charge in [-0.15, -0.1) is 0 Å². The van der Waals surface area contributed by atoms with E-state index in [1.54, 1.807) is 0 Å². The van der Waals surface area contributed by atoms with Crippen LogP contribution in [0.1, 0.15) is 36.8 Å². The third-order valence-electron chi connectivity index (χ3n) is 4.61. The molecule has 3 rings (SSSR count). The van der Waals surface area contributed by atoms with Gasteiger partial charge in [-0.05, 0) is 36.1 Å². The number of amides is 1. The van der Waals surface area contributed by atoms with E-state index in [1.807, 2.05) is 65.6 Å². The molecule has 1 aromatic heterocycles. The van der Waals surface area contributed by atoms with E-state index in [4.69, 9.17) is 0 Å². The van der Waals surface area contributed by atoms with Gasteiger partial charge in [0.05, 0.1) is 11.9 Å². The first-order valence-corrected chi connectivity index (χ1v) is 9.17. The number of nitrogens with zero attached hydrogens (tertiary/aromatic N) is 2. The summed E-state index contributed by atoms with van der Waals surface area (Å²) in [7, 11) is 0. The highest BCUT2D eigenvalue weighted by atomic mass is 16.1. The molecule has 0 saturated heterocycles. The van der Waals surface area contributed by atoms with Gasteiger partial charge in [-0.1, -0.05) is 55.5 Å². The van der Waals surface area contributed by atoms with E-state index >= 15 is 0 Å². The standard InChI is InChI=1S/C22H25N3O/c1-2-19(20-9-5-3-6-10-20)16-23-22(26)14-13-18-15-24-25(17-18)21-11-7-4-8-12-21/h3-12,15,17,19H,2,13-14,16H2,1H3,(H,23,26). The van der Waals surface area contributed by atoms with E-state index in [9.17, 15) is 4.79 Å². The maximum atomic E-state index is 12.2. The Morgan fingerprint density at radius 2 is 1.77 bits per heavy atom. The number of para-hydroxylation sites is 1. The first-order valence-electron chi connectivity index (χ1n) is 9.17. The van der Waals surface area contributed by atoms with Crippen LogP contribution in [-0.4, -0.2) is 22.2 Å². The highest BCUT2D eigenvalue weighted by molar-refractivity contribution is 5.76. The Bertz CT molecular complexity index is 812. The van der Waals surface area contributed by atoms with Crippen LogP contribution in [0.4, 0.5) is 0 Å². The third kappa shape index (κ3) is 4.82. The molecule has 0 bridgehead atoms. The summed E-state index contributed by atoms with van der Waals surface area (Å²) in [5.74, 6) is 0.452. The van der Waals surface area contributed by atoms with Gasteiger partial charge in [-0.25, -0.2) is 4.68 Å². The fourth-order valence-electron chi connectivity index (χ4n) is 3.02. The third-order valence-corrected chi connectivity index (χ3v) is 4.61. The summed E-state index contributed by atoms with van der Waals surface area (Å²) in [4.78, 5) is 12.2. The number of nitrogens with one attached hydrogen (secondary N) is 1. The van der Waals surface area contributed by atoms with Crippen molar-refractivity contribution in [3.05, 3.63) is 84.2 Å². The van der Waals surface area contributed by atoms with Crippen molar-refractivity contribution in [3.8, 4) is 5.69 Å². The van der Waals surface area contributed by atoms with Crippen molar-refractivity contribution in [3.63, 3.8) is 0 Å². The van der Waals surface area contributed by atoms with Crippen molar-refractivity contribution < 1.29 is 4.79 Å². The van der Waals surface area contributed by atoms with Gasteiger partial charge in [-0.2, -0.15) is 5.10 Å². The summed E-state index contributed by atoms with van der Waals surface area (Å²) < 4.78 is 1.84. The van der Waals surface area contributed by atoms with Gasteiger partial charge in [0.15, 0.2) is 0 Å². The van der Waals surface area contributed by atoms with Crippen molar-refractivity contribution in [2.24, 2.45) is 0 Å². The van der Waals surface area contributed by atoms with Crippen molar-refractivity contribution in [2.45, 2.75) is 32.1 Å². The van der Waals surface area contributed by atoms with Crippen LogP contribution < -0.4 is 5.32 Å². The molecule has 4 nitrogen and oxygen atoms in total. The predicted molar refractivity (Wildman–Crippen MR) is 104 cm³/mol. The van der Waals surface area contributed by atoms with E-state index in [-0.39, 0.29) is 5.91 Å². The number of hydrogen-bond acceptors (Lipinski definition) is 2. The summed E-state index contributed by atoms with van der Waals surface area (Å²) in [5.41, 5.74) is 3.37. The van der Waals surface area contributed by atoms with Gasteiger partial charge >= 0.3 is 0 Å². The normalized spacial score (nSPS) is 11.9. The Kier molecular flexibility index (Phi) is 6.20. The van der Waals surface area contributed by atoms with Crippen LogP contribution >= 0.6 is 0 Å². The lowest BCUT2D eigenvalue weighted by Gasteiger charge is -2.16. The second-order valence-electron chi connectivity index (χ2n) is 6.45. The molecular weight excluding hydrogens is 322 g/mol. The highest BCUT2D eigenvalue weighted by Crippen LogP contribution is 2.18. The Morgan fingerprint density at radius 1 is 1.08 bits per heavy atom. The molecule has 3 aromatic rings. The van der Waals surface area contributed by atoms with Crippen LogP contribution in [0.25, 0.3) is 5.69 Å². The lowest BCUT2D eigenvalue weighted by atomic mass is 9.96. The number of carbonyl (C=O) groups is 1. The number of rotatable bonds is 8. The molecule has 4 heteroatoms. The summed E-state index contributed by atoms with van der Waals surface area (Å²) in [6, 6.07) is 20.3. The Balaban J connectivity index is 1.48. The molecule has 1 unspecified atom stereocenters. The van der Waals surface area contributed by atoms with Gasteiger partial charge < -0.3 is 5.32 Å². The smallest absolute Gasteiger partial charge is 0.220 e. The van der Waals surface area contributed by atoms with Crippen LogP contribution in [0.3, 0.4) is 0 Å². The second kappa shape index (κ2) is 8.99. The van der Waals surface area contributed by atoms with Gasteiger partial charge in [0.2, 0.25) is 5.91 Å². The molecule has 0 fully saturated rings. The molecule has 0 spiro atoms. The minimum Gasteiger partial charge on any atom is -0.355 e. The molecule has 1 heterocycles. The minimum atomic E-state index is 0.0897. The summed E-state index contributed by atoms with van der Waals surface area (Å²) in [6.07, 6.45) is 6.00. The Hall–Kier alpha value is -2.88. The fourth-order valence-corrected chi connectivity index (χ4v) is 3.02. The number of benzene rings is 2. The largest absolute Gasteiger partial charge is 0.355 e. The van der Waals surface area contributed by atoms with Crippen LogP contribution in [-0.2, 0) is 11.2 Å². The van der Waals surface area contributed by atoms with E-state index in [1.165, 1.54) is 5.56 Å². The number of aromatic nitrogens is 2. The molecule has 0 radical (unpaired) electrons. The highest BCUT2D eigenvalue weighted by Gasteiger charge is 2.11. The molecule has 0 aliphatic heterocycles. The van der Waals surface area contributed by atoms with Crippen molar-refractivity contribution in [1.82, 2.24) is 15.1 Å². The van der Waals surface area contributed by atoms with Crippen LogP contribution in [0.2, 0.25) is 0 Å². The molecule has 134 valence electrons. The maximum absolute atomic E-state index is 12.2. The first-order chi connectivity index (χ1) is 12.8. The Morgan fingerprint density at radius 3 is 2.46 bits per heavy atom. The summed E-state index contributed by atoms with van der Waals surface area (Å²) >= 11 is 0. The topological polar surface area (TPSA) is 46.9 Å².